The number of rotatable bonds is 4. The van der Waals surface area contributed by atoms with Gasteiger partial charge in [0.05, 0.1) is 19.8 Å². The Hall–Kier alpha value is -2.45. The summed E-state index contributed by atoms with van der Waals surface area (Å²) in [6, 6.07) is 5.33. The van der Waals surface area contributed by atoms with Gasteiger partial charge in [0.1, 0.15) is 0 Å². The number of piperazine rings is 1. The summed E-state index contributed by atoms with van der Waals surface area (Å²) in [5.74, 6) is -0.135. The number of amides is 3. The van der Waals surface area contributed by atoms with E-state index < -0.39 is 0 Å². The van der Waals surface area contributed by atoms with Gasteiger partial charge in [-0.2, -0.15) is 0 Å². The zero-order chi connectivity index (χ0) is 20.1. The van der Waals surface area contributed by atoms with E-state index in [2.05, 4.69) is 10.2 Å². The minimum absolute atomic E-state index is 0.0770. The fourth-order valence-corrected chi connectivity index (χ4v) is 3.47. The second-order valence-corrected chi connectivity index (χ2v) is 7.27. The maximum Gasteiger partial charge on any atom is 0.254 e. The number of aryl methyl sites for hydroxylation is 1. The first-order valence-electron chi connectivity index (χ1n) is 9.69. The molecule has 0 radical (unpaired) electrons. The summed E-state index contributed by atoms with van der Waals surface area (Å²) in [5.41, 5.74) is 2.10. The molecule has 1 N–H and O–H groups in total. The van der Waals surface area contributed by atoms with Gasteiger partial charge in [-0.3, -0.25) is 19.3 Å². The fourth-order valence-electron chi connectivity index (χ4n) is 3.47. The van der Waals surface area contributed by atoms with Crippen LogP contribution in [-0.4, -0.2) is 91.4 Å². The lowest BCUT2D eigenvalue weighted by atomic mass is 10.1. The third kappa shape index (κ3) is 5.08. The molecule has 2 heterocycles. The van der Waals surface area contributed by atoms with Crippen LogP contribution in [0.2, 0.25) is 0 Å². The van der Waals surface area contributed by atoms with Gasteiger partial charge in [-0.15, -0.1) is 0 Å². The highest BCUT2D eigenvalue weighted by Crippen LogP contribution is 2.19. The van der Waals surface area contributed by atoms with E-state index >= 15 is 0 Å². The minimum Gasteiger partial charge on any atom is -0.379 e. The predicted molar refractivity (Wildman–Crippen MR) is 105 cm³/mol. The van der Waals surface area contributed by atoms with Gasteiger partial charge in [-0.05, 0) is 24.6 Å². The Kier molecular flexibility index (Phi) is 6.64. The first-order chi connectivity index (χ1) is 13.4. The normalized spacial score (nSPS) is 18.1. The maximum atomic E-state index is 12.8. The third-order valence-electron chi connectivity index (χ3n) is 5.18. The van der Waals surface area contributed by atoms with Crippen molar-refractivity contribution in [2.24, 2.45) is 0 Å². The van der Waals surface area contributed by atoms with Crippen LogP contribution in [-0.2, 0) is 14.3 Å². The molecule has 2 aliphatic rings. The molecule has 1 aromatic carbocycles. The van der Waals surface area contributed by atoms with E-state index in [0.29, 0.717) is 57.2 Å². The molecular formula is C20H28N4O4. The zero-order valence-electron chi connectivity index (χ0n) is 16.6. The topological polar surface area (TPSA) is 82.2 Å². The molecule has 8 nitrogen and oxygen atoms in total. The quantitative estimate of drug-likeness (QED) is 0.816. The standard InChI is InChI=1S/C20H28N4O4/c1-15-3-4-17(13-18(15)21-16(2)25)20(27)24-7-5-23(6-8-24)19(26)14-22-9-11-28-12-10-22/h3-4,13H,5-12,14H2,1-2H3,(H,21,25). The van der Waals surface area contributed by atoms with Gasteiger partial charge in [0.25, 0.3) is 5.91 Å². The number of morpholine rings is 1. The van der Waals surface area contributed by atoms with Crippen LogP contribution in [0.25, 0.3) is 0 Å². The minimum atomic E-state index is -0.167. The molecule has 0 unspecified atom stereocenters. The van der Waals surface area contributed by atoms with E-state index in [1.165, 1.54) is 6.92 Å². The molecule has 0 aliphatic carbocycles. The molecular weight excluding hydrogens is 360 g/mol. The van der Waals surface area contributed by atoms with E-state index in [0.717, 1.165) is 18.7 Å². The molecule has 0 saturated carbocycles. The van der Waals surface area contributed by atoms with Crippen LogP contribution in [0.4, 0.5) is 5.69 Å². The van der Waals surface area contributed by atoms with Crippen LogP contribution in [0, 0.1) is 6.92 Å². The van der Waals surface area contributed by atoms with Crippen LogP contribution in [0.15, 0.2) is 18.2 Å². The number of ether oxygens (including phenoxy) is 1. The fraction of sp³-hybridized carbons (Fsp3) is 0.550. The first kappa shape index (κ1) is 20.3. The van der Waals surface area contributed by atoms with Crippen molar-refractivity contribution in [1.29, 1.82) is 0 Å². The van der Waals surface area contributed by atoms with Crippen molar-refractivity contribution >= 4 is 23.4 Å². The number of benzene rings is 1. The Morgan fingerprint density at radius 2 is 1.64 bits per heavy atom. The van der Waals surface area contributed by atoms with E-state index in [1.807, 2.05) is 17.9 Å². The Balaban J connectivity index is 1.54. The van der Waals surface area contributed by atoms with E-state index in [4.69, 9.17) is 4.74 Å². The number of hydrogen-bond donors (Lipinski definition) is 1. The molecule has 3 amide bonds. The summed E-state index contributed by atoms with van der Waals surface area (Å²) in [4.78, 5) is 42.4. The van der Waals surface area contributed by atoms with Crippen molar-refractivity contribution in [2.45, 2.75) is 13.8 Å². The number of carbonyl (C=O) groups excluding carboxylic acids is 3. The van der Waals surface area contributed by atoms with Crippen molar-refractivity contribution < 1.29 is 19.1 Å². The number of anilines is 1. The Bertz CT molecular complexity index is 738. The van der Waals surface area contributed by atoms with E-state index in [9.17, 15) is 14.4 Å². The van der Waals surface area contributed by atoms with E-state index in [1.54, 1.807) is 17.0 Å². The van der Waals surface area contributed by atoms with Crippen LogP contribution >= 0.6 is 0 Å². The van der Waals surface area contributed by atoms with Gasteiger partial charge in [-0.25, -0.2) is 0 Å². The Labute approximate surface area is 165 Å². The summed E-state index contributed by atoms with van der Waals surface area (Å²) in [7, 11) is 0. The number of nitrogens with one attached hydrogen (secondary N) is 1. The van der Waals surface area contributed by atoms with Crippen LogP contribution in [0.5, 0.6) is 0 Å². The molecule has 8 heteroatoms. The van der Waals surface area contributed by atoms with Gasteiger partial charge >= 0.3 is 0 Å². The summed E-state index contributed by atoms with van der Waals surface area (Å²) in [6.07, 6.45) is 0. The molecule has 2 saturated heterocycles. The molecule has 0 atom stereocenters. The van der Waals surface area contributed by atoms with Gasteiger partial charge in [0.15, 0.2) is 0 Å². The first-order valence-corrected chi connectivity index (χ1v) is 9.69. The lowest BCUT2D eigenvalue weighted by Gasteiger charge is -2.36. The summed E-state index contributed by atoms with van der Waals surface area (Å²) < 4.78 is 5.31. The lowest BCUT2D eigenvalue weighted by molar-refractivity contribution is -0.134. The Morgan fingerprint density at radius 3 is 2.29 bits per heavy atom. The monoisotopic (exact) mass is 388 g/mol. The predicted octanol–water partition coefficient (Wildman–Crippen LogP) is 0.570. The van der Waals surface area contributed by atoms with Gasteiger partial charge in [0, 0.05) is 57.4 Å². The van der Waals surface area contributed by atoms with Crippen molar-refractivity contribution in [3.63, 3.8) is 0 Å². The van der Waals surface area contributed by atoms with Crippen LogP contribution in [0.1, 0.15) is 22.8 Å². The number of hydrogen-bond acceptors (Lipinski definition) is 5. The molecule has 2 aliphatic heterocycles. The average molecular weight is 388 g/mol. The van der Waals surface area contributed by atoms with Crippen LogP contribution in [0.3, 0.4) is 0 Å². The average Bonchev–Trinajstić information content (AvgIpc) is 2.69. The maximum absolute atomic E-state index is 12.8. The molecule has 0 aromatic heterocycles. The highest BCUT2D eigenvalue weighted by Gasteiger charge is 2.26. The highest BCUT2D eigenvalue weighted by atomic mass is 16.5. The molecule has 28 heavy (non-hydrogen) atoms. The SMILES string of the molecule is CC(=O)Nc1cc(C(=O)N2CCN(C(=O)CN3CCOCC3)CC2)ccc1C. The zero-order valence-corrected chi connectivity index (χ0v) is 16.6. The molecule has 1 aromatic rings. The highest BCUT2D eigenvalue weighted by molar-refractivity contribution is 5.97. The molecule has 3 rings (SSSR count). The molecule has 2 fully saturated rings. The van der Waals surface area contributed by atoms with Crippen LogP contribution < -0.4 is 5.32 Å². The summed E-state index contributed by atoms with van der Waals surface area (Å²) in [5, 5.41) is 2.76. The van der Waals surface area contributed by atoms with Gasteiger partial charge in [-0.1, -0.05) is 6.07 Å². The van der Waals surface area contributed by atoms with Crippen molar-refractivity contribution in [1.82, 2.24) is 14.7 Å². The molecule has 0 bridgehead atoms. The van der Waals surface area contributed by atoms with Crippen molar-refractivity contribution in [3.05, 3.63) is 29.3 Å². The second-order valence-electron chi connectivity index (χ2n) is 7.27. The van der Waals surface area contributed by atoms with Crippen molar-refractivity contribution in [3.8, 4) is 0 Å². The summed E-state index contributed by atoms with van der Waals surface area (Å²) in [6.45, 7) is 8.77. The number of nitrogens with zero attached hydrogens (tertiary/aromatic N) is 3. The molecule has 0 spiro atoms. The second kappa shape index (κ2) is 9.16. The van der Waals surface area contributed by atoms with E-state index in [-0.39, 0.29) is 17.7 Å². The summed E-state index contributed by atoms with van der Waals surface area (Å²) >= 11 is 0. The van der Waals surface area contributed by atoms with Crippen molar-refractivity contribution in [2.75, 3.05) is 64.3 Å². The van der Waals surface area contributed by atoms with Gasteiger partial charge < -0.3 is 19.9 Å². The number of carbonyl (C=O) groups is 3. The van der Waals surface area contributed by atoms with Gasteiger partial charge in [0.2, 0.25) is 11.8 Å². The molecule has 152 valence electrons. The Morgan fingerprint density at radius 1 is 1.00 bits per heavy atom. The largest absolute Gasteiger partial charge is 0.379 e. The lowest BCUT2D eigenvalue weighted by Crippen LogP contribution is -2.53. The smallest absolute Gasteiger partial charge is 0.254 e. The third-order valence-corrected chi connectivity index (χ3v) is 5.18.